The molecule has 7 nitrogen and oxygen atoms in total. The van der Waals surface area contributed by atoms with Gasteiger partial charge in [0.15, 0.2) is 11.7 Å². The van der Waals surface area contributed by atoms with Gasteiger partial charge in [-0.3, -0.25) is 10.1 Å². The van der Waals surface area contributed by atoms with Crippen molar-refractivity contribution in [2.75, 3.05) is 24.4 Å². The first-order valence-electron chi connectivity index (χ1n) is 9.54. The van der Waals surface area contributed by atoms with Gasteiger partial charge >= 0.3 is 6.09 Å². The number of anilines is 2. The molecule has 0 aliphatic rings. The van der Waals surface area contributed by atoms with Crippen LogP contribution in [0.4, 0.5) is 16.2 Å². The molecule has 3 rings (SSSR count). The lowest BCUT2D eigenvalue weighted by Crippen LogP contribution is -2.34. The zero-order chi connectivity index (χ0) is 22.8. The van der Waals surface area contributed by atoms with Gasteiger partial charge in [0.25, 0.3) is 5.91 Å². The number of carbonyl (C=O) groups excluding carboxylic acids is 2. The van der Waals surface area contributed by atoms with E-state index in [9.17, 15) is 9.59 Å². The maximum Gasteiger partial charge on any atom is 0.413 e. The largest absolute Gasteiger partial charge is 0.484 e. The number of carbonyl (C=O) groups is 2. The van der Waals surface area contributed by atoms with Crippen LogP contribution in [0.5, 0.6) is 5.75 Å². The summed E-state index contributed by atoms with van der Waals surface area (Å²) in [6.07, 6.45) is -0.694. The summed E-state index contributed by atoms with van der Waals surface area (Å²) in [7, 11) is 1.24. The van der Waals surface area contributed by atoms with Gasteiger partial charge in [-0.15, -0.1) is 0 Å². The minimum atomic E-state index is -0.694. The van der Waals surface area contributed by atoms with Gasteiger partial charge in [-0.2, -0.15) is 0 Å². The van der Waals surface area contributed by atoms with Gasteiger partial charge in [0.2, 0.25) is 0 Å². The highest BCUT2D eigenvalue weighted by Crippen LogP contribution is 2.33. The van der Waals surface area contributed by atoms with Crippen molar-refractivity contribution in [2.45, 2.75) is 9.79 Å². The Balaban J connectivity index is 1.75. The van der Waals surface area contributed by atoms with Crippen molar-refractivity contribution in [1.29, 1.82) is 0 Å². The molecule has 0 atom stereocenters. The minimum absolute atomic E-state index is 0.0383. The molecule has 0 fully saturated rings. The van der Waals surface area contributed by atoms with Crippen molar-refractivity contribution in [3.63, 3.8) is 0 Å². The molecule has 0 radical (unpaired) electrons. The summed E-state index contributed by atoms with van der Waals surface area (Å²) >= 11 is 6.69. The number of thiocarbonyl (C=S) groups is 1. The summed E-state index contributed by atoms with van der Waals surface area (Å²) in [6.45, 7) is -0.162. The third kappa shape index (κ3) is 7.29. The van der Waals surface area contributed by atoms with Gasteiger partial charge in [-0.1, -0.05) is 48.2 Å². The maximum absolute atomic E-state index is 12.5. The Morgan fingerprint density at radius 3 is 2.25 bits per heavy atom. The van der Waals surface area contributed by atoms with Crippen molar-refractivity contribution in [3.05, 3.63) is 78.9 Å². The molecule has 0 spiro atoms. The van der Waals surface area contributed by atoms with Crippen molar-refractivity contribution in [1.82, 2.24) is 5.32 Å². The molecule has 0 unspecified atom stereocenters. The monoisotopic (exact) mass is 467 g/mol. The third-order valence-corrected chi connectivity index (χ3v) is 5.21. The molecule has 0 heterocycles. The topological polar surface area (TPSA) is 88.7 Å². The number of hydrogen-bond acceptors (Lipinski definition) is 6. The van der Waals surface area contributed by atoms with E-state index in [4.69, 9.17) is 17.0 Å². The molecule has 2 amide bonds. The van der Waals surface area contributed by atoms with E-state index in [1.54, 1.807) is 30.0 Å². The predicted octanol–water partition coefficient (Wildman–Crippen LogP) is 4.91. The Labute approximate surface area is 195 Å². The van der Waals surface area contributed by atoms with Gasteiger partial charge in [-0.25, -0.2) is 4.79 Å². The highest BCUT2D eigenvalue weighted by atomic mass is 32.2. The summed E-state index contributed by atoms with van der Waals surface area (Å²) < 4.78 is 10.1. The van der Waals surface area contributed by atoms with Gasteiger partial charge < -0.3 is 20.1 Å². The molecule has 0 saturated heterocycles. The van der Waals surface area contributed by atoms with Crippen LogP contribution in [0.2, 0.25) is 0 Å². The van der Waals surface area contributed by atoms with E-state index in [0.29, 0.717) is 17.1 Å². The van der Waals surface area contributed by atoms with Crippen molar-refractivity contribution >= 4 is 52.5 Å². The molecule has 9 heteroatoms. The molecular formula is C23H21N3O4S2. The lowest BCUT2D eigenvalue weighted by atomic mass is 10.2. The quantitative estimate of drug-likeness (QED) is 0.426. The van der Waals surface area contributed by atoms with Crippen LogP contribution >= 0.6 is 24.0 Å². The zero-order valence-electron chi connectivity index (χ0n) is 17.2. The summed E-state index contributed by atoms with van der Waals surface area (Å²) in [5, 5.41) is 8.15. The van der Waals surface area contributed by atoms with Crippen LogP contribution in [0, 0.1) is 0 Å². The fourth-order valence-electron chi connectivity index (χ4n) is 2.57. The average Bonchev–Trinajstić information content (AvgIpc) is 2.80. The first kappa shape index (κ1) is 23.1. The predicted molar refractivity (Wildman–Crippen MR) is 129 cm³/mol. The minimum Gasteiger partial charge on any atom is -0.484 e. The van der Waals surface area contributed by atoms with Crippen molar-refractivity contribution < 1.29 is 19.1 Å². The molecule has 0 aliphatic carbocycles. The molecule has 164 valence electrons. The molecule has 0 aliphatic heterocycles. The molecular weight excluding hydrogens is 446 g/mol. The molecule has 3 N–H and O–H groups in total. The zero-order valence-corrected chi connectivity index (χ0v) is 18.8. The van der Waals surface area contributed by atoms with Gasteiger partial charge in [-0.05, 0) is 54.7 Å². The molecule has 3 aromatic carbocycles. The molecule has 0 bridgehead atoms. The first-order valence-corrected chi connectivity index (χ1v) is 10.8. The standard InChI is InChI=1S/C23H21N3O4S2/c1-29-23(28)26-22(31)25-19-13-12-18(32-17-10-6-3-7-11-17)14-20(19)24-21(27)15-30-16-8-4-2-5-9-16/h2-14H,15H2,1H3,(H,24,27)(H2,25,26,28,31). The average molecular weight is 468 g/mol. The fraction of sp³-hybridized carbons (Fsp3) is 0.0870. The van der Waals surface area contributed by atoms with Crippen LogP contribution in [0.15, 0.2) is 88.7 Å². The second-order valence-electron chi connectivity index (χ2n) is 6.34. The van der Waals surface area contributed by atoms with E-state index in [1.165, 1.54) is 7.11 Å². The number of rotatable bonds is 7. The Bertz CT molecular complexity index is 1080. The van der Waals surface area contributed by atoms with E-state index in [1.807, 2.05) is 60.7 Å². The summed E-state index contributed by atoms with van der Waals surface area (Å²) in [5.74, 6) is 0.253. The van der Waals surface area contributed by atoms with Crippen LogP contribution in [-0.2, 0) is 9.53 Å². The fourth-order valence-corrected chi connectivity index (χ4v) is 3.64. The van der Waals surface area contributed by atoms with E-state index >= 15 is 0 Å². The second-order valence-corrected chi connectivity index (χ2v) is 7.90. The number of benzene rings is 3. The molecule has 0 aromatic heterocycles. The van der Waals surface area contributed by atoms with Gasteiger partial charge in [0, 0.05) is 9.79 Å². The summed E-state index contributed by atoms with van der Waals surface area (Å²) in [4.78, 5) is 25.9. The third-order valence-electron chi connectivity index (χ3n) is 4.01. The SMILES string of the molecule is COC(=O)NC(=S)Nc1ccc(Sc2ccccc2)cc1NC(=O)COc1ccccc1. The van der Waals surface area contributed by atoms with E-state index in [2.05, 4.69) is 20.7 Å². The number of para-hydroxylation sites is 1. The summed E-state index contributed by atoms with van der Waals surface area (Å²) in [5.41, 5.74) is 0.999. The molecule has 0 saturated carbocycles. The number of ether oxygens (including phenoxy) is 2. The number of nitrogens with one attached hydrogen (secondary N) is 3. The normalized spacial score (nSPS) is 10.0. The number of amides is 2. The first-order chi connectivity index (χ1) is 15.5. The van der Waals surface area contributed by atoms with Crippen LogP contribution in [0.3, 0.4) is 0 Å². The van der Waals surface area contributed by atoms with Gasteiger partial charge in [0.05, 0.1) is 18.5 Å². The van der Waals surface area contributed by atoms with Crippen LogP contribution in [-0.4, -0.2) is 30.8 Å². The number of alkyl carbamates (subject to hydrolysis) is 1. The van der Waals surface area contributed by atoms with Crippen molar-refractivity contribution in [3.8, 4) is 5.75 Å². The number of methoxy groups -OCH3 is 1. The smallest absolute Gasteiger partial charge is 0.413 e. The highest BCUT2D eigenvalue weighted by molar-refractivity contribution is 7.99. The maximum atomic E-state index is 12.5. The lowest BCUT2D eigenvalue weighted by Gasteiger charge is -2.16. The van der Waals surface area contributed by atoms with Crippen LogP contribution in [0.25, 0.3) is 0 Å². The molecule has 3 aromatic rings. The Morgan fingerprint density at radius 2 is 1.56 bits per heavy atom. The van der Waals surface area contributed by atoms with Crippen molar-refractivity contribution in [2.24, 2.45) is 0 Å². The van der Waals surface area contributed by atoms with E-state index < -0.39 is 6.09 Å². The number of hydrogen-bond donors (Lipinski definition) is 3. The summed E-state index contributed by atoms with van der Waals surface area (Å²) in [6, 6.07) is 24.4. The van der Waals surface area contributed by atoms with Crippen LogP contribution in [0.1, 0.15) is 0 Å². The van der Waals surface area contributed by atoms with Crippen LogP contribution < -0.4 is 20.7 Å². The second kappa shape index (κ2) is 11.7. The van der Waals surface area contributed by atoms with E-state index in [0.717, 1.165) is 9.79 Å². The Kier molecular flexibility index (Phi) is 8.47. The highest BCUT2D eigenvalue weighted by Gasteiger charge is 2.12. The van der Waals surface area contributed by atoms with Gasteiger partial charge in [0.1, 0.15) is 5.75 Å². The Morgan fingerprint density at radius 1 is 0.875 bits per heavy atom. The van der Waals surface area contributed by atoms with E-state index in [-0.39, 0.29) is 17.6 Å². The lowest BCUT2D eigenvalue weighted by molar-refractivity contribution is -0.118. The Hall–Kier alpha value is -3.56. The molecule has 32 heavy (non-hydrogen) atoms.